The Morgan fingerprint density at radius 2 is 1.95 bits per heavy atom. The number of hydrogen-bond acceptors (Lipinski definition) is 5. The lowest BCUT2D eigenvalue weighted by atomic mass is 10.3. The minimum Gasteiger partial charge on any atom is -0.463 e. The smallest absolute Gasteiger partial charge is 0.426 e. The van der Waals surface area contributed by atoms with E-state index in [4.69, 9.17) is 9.47 Å². The molecule has 0 aromatic heterocycles. The zero-order valence-corrected chi connectivity index (χ0v) is 11.7. The number of ether oxygens (including phenoxy) is 2. The molecule has 0 radical (unpaired) electrons. The van der Waals surface area contributed by atoms with E-state index in [2.05, 4.69) is 10.9 Å². The van der Waals surface area contributed by atoms with Gasteiger partial charge in [-0.1, -0.05) is 31.5 Å². The normalized spacial score (nSPS) is 11.3. The molecule has 0 aliphatic rings. The number of esters is 1. The van der Waals surface area contributed by atoms with Gasteiger partial charge in [0.2, 0.25) is 0 Å². The molecular formula is C14H20N2O4. The van der Waals surface area contributed by atoms with Crippen LogP contribution in [0.25, 0.3) is 0 Å². The Morgan fingerprint density at radius 3 is 2.60 bits per heavy atom. The summed E-state index contributed by atoms with van der Waals surface area (Å²) in [5.74, 6) is -0.548. The van der Waals surface area contributed by atoms with E-state index >= 15 is 0 Å². The Kier molecular flexibility index (Phi) is 6.95. The highest BCUT2D eigenvalue weighted by atomic mass is 16.6. The molecule has 2 N–H and O–H groups in total. The number of carbonyl (C=O) groups excluding carboxylic acids is 2. The number of hydrogen-bond donors (Lipinski definition) is 2. The van der Waals surface area contributed by atoms with Crippen LogP contribution >= 0.6 is 0 Å². The molecular weight excluding hydrogens is 260 g/mol. The van der Waals surface area contributed by atoms with Crippen LogP contribution in [0.4, 0.5) is 10.5 Å². The topological polar surface area (TPSA) is 76.7 Å². The molecule has 0 heterocycles. The van der Waals surface area contributed by atoms with Crippen LogP contribution in [-0.2, 0) is 14.3 Å². The third-order valence-electron chi connectivity index (χ3n) is 2.44. The number of carbonyl (C=O) groups is 2. The predicted molar refractivity (Wildman–Crippen MR) is 75.0 cm³/mol. The number of nitrogens with one attached hydrogen (secondary N) is 2. The third-order valence-corrected chi connectivity index (χ3v) is 2.44. The molecule has 1 atom stereocenters. The van der Waals surface area contributed by atoms with Crippen LogP contribution in [0, 0.1) is 0 Å². The highest BCUT2D eigenvalue weighted by molar-refractivity contribution is 5.78. The summed E-state index contributed by atoms with van der Waals surface area (Å²) in [6, 6.07) is 9.06. The molecule has 6 nitrogen and oxygen atoms in total. The number of benzene rings is 1. The average Bonchev–Trinajstić information content (AvgIpc) is 2.46. The van der Waals surface area contributed by atoms with E-state index in [0.29, 0.717) is 12.3 Å². The molecule has 0 saturated carbocycles. The van der Waals surface area contributed by atoms with Gasteiger partial charge in [0, 0.05) is 0 Å². The second kappa shape index (κ2) is 8.79. The molecule has 1 amide bonds. The van der Waals surface area contributed by atoms with Crippen molar-refractivity contribution in [2.24, 2.45) is 0 Å². The van der Waals surface area contributed by atoms with Crippen LogP contribution in [0.15, 0.2) is 30.3 Å². The molecule has 0 fully saturated rings. The highest BCUT2D eigenvalue weighted by Gasteiger charge is 2.18. The largest absolute Gasteiger partial charge is 0.463 e. The molecule has 0 bridgehead atoms. The number of rotatable bonds is 7. The monoisotopic (exact) mass is 280 g/mol. The minimum absolute atomic E-state index is 0.340. The number of unbranched alkanes of at least 4 members (excludes halogenated alkanes) is 1. The van der Waals surface area contributed by atoms with Crippen molar-refractivity contribution in [1.29, 1.82) is 0 Å². The molecule has 0 spiro atoms. The van der Waals surface area contributed by atoms with Gasteiger partial charge < -0.3 is 9.47 Å². The molecule has 20 heavy (non-hydrogen) atoms. The lowest BCUT2D eigenvalue weighted by Gasteiger charge is -2.14. The lowest BCUT2D eigenvalue weighted by Crippen LogP contribution is -2.35. The zero-order valence-electron chi connectivity index (χ0n) is 11.7. The Balaban J connectivity index is 2.25. The summed E-state index contributed by atoms with van der Waals surface area (Å²) in [7, 11) is 0. The molecule has 0 aliphatic carbocycles. The Morgan fingerprint density at radius 1 is 1.25 bits per heavy atom. The van der Waals surface area contributed by atoms with Crippen molar-refractivity contribution in [2.75, 3.05) is 12.0 Å². The van der Waals surface area contributed by atoms with E-state index in [0.717, 1.165) is 12.8 Å². The fourth-order valence-corrected chi connectivity index (χ4v) is 1.32. The van der Waals surface area contributed by atoms with Crippen LogP contribution in [0.2, 0.25) is 0 Å². The average molecular weight is 280 g/mol. The highest BCUT2D eigenvalue weighted by Crippen LogP contribution is 2.03. The second-order valence-corrected chi connectivity index (χ2v) is 4.18. The fourth-order valence-electron chi connectivity index (χ4n) is 1.32. The van der Waals surface area contributed by atoms with Crippen LogP contribution in [0.3, 0.4) is 0 Å². The van der Waals surface area contributed by atoms with Gasteiger partial charge in [-0.05, 0) is 25.5 Å². The van der Waals surface area contributed by atoms with Crippen molar-refractivity contribution in [2.45, 2.75) is 32.8 Å². The first-order valence-electron chi connectivity index (χ1n) is 6.57. The van der Waals surface area contributed by atoms with Gasteiger partial charge in [0.25, 0.3) is 0 Å². The van der Waals surface area contributed by atoms with E-state index in [-0.39, 0.29) is 0 Å². The van der Waals surface area contributed by atoms with Crippen molar-refractivity contribution >= 4 is 17.7 Å². The summed E-state index contributed by atoms with van der Waals surface area (Å²) in [6.07, 6.45) is 0.0442. The fraction of sp³-hybridized carbons (Fsp3) is 0.429. The second-order valence-electron chi connectivity index (χ2n) is 4.18. The van der Waals surface area contributed by atoms with Crippen LogP contribution in [0.1, 0.15) is 26.7 Å². The van der Waals surface area contributed by atoms with Gasteiger partial charge in [-0.2, -0.15) is 0 Å². The van der Waals surface area contributed by atoms with Crippen LogP contribution in [-0.4, -0.2) is 24.8 Å². The Hall–Kier alpha value is -2.24. The summed E-state index contributed by atoms with van der Waals surface area (Å²) in [4.78, 5) is 22.9. The van der Waals surface area contributed by atoms with Gasteiger partial charge in [0.1, 0.15) is 0 Å². The quantitative estimate of drug-likeness (QED) is 0.456. The predicted octanol–water partition coefficient (Wildman–Crippen LogP) is 2.47. The molecule has 0 saturated heterocycles. The molecule has 1 rings (SSSR count). The van der Waals surface area contributed by atoms with Gasteiger partial charge in [0.15, 0.2) is 6.10 Å². The van der Waals surface area contributed by atoms with Gasteiger partial charge in [-0.15, -0.1) is 0 Å². The van der Waals surface area contributed by atoms with Crippen LogP contribution < -0.4 is 10.9 Å². The maximum absolute atomic E-state index is 11.5. The van der Waals surface area contributed by atoms with Crippen molar-refractivity contribution in [3.8, 4) is 0 Å². The number of hydrazine groups is 1. The van der Waals surface area contributed by atoms with Crippen molar-refractivity contribution in [3.63, 3.8) is 0 Å². The number of amides is 1. The maximum atomic E-state index is 11.5. The zero-order chi connectivity index (χ0) is 14.8. The Labute approximate surface area is 118 Å². The van der Waals surface area contributed by atoms with Crippen molar-refractivity contribution in [1.82, 2.24) is 5.43 Å². The summed E-state index contributed by atoms with van der Waals surface area (Å²) < 4.78 is 9.82. The lowest BCUT2D eigenvalue weighted by molar-refractivity contribution is -0.152. The maximum Gasteiger partial charge on any atom is 0.426 e. The first-order valence-corrected chi connectivity index (χ1v) is 6.57. The first kappa shape index (κ1) is 15.8. The van der Waals surface area contributed by atoms with E-state index in [1.165, 1.54) is 6.92 Å². The van der Waals surface area contributed by atoms with E-state index < -0.39 is 18.2 Å². The summed E-state index contributed by atoms with van der Waals surface area (Å²) in [5.41, 5.74) is 5.71. The third kappa shape index (κ3) is 6.08. The minimum atomic E-state index is -0.940. The van der Waals surface area contributed by atoms with Gasteiger partial charge in [-0.25, -0.2) is 15.0 Å². The SMILES string of the molecule is CCCCOC(=O)C(C)OC(=O)NNc1ccccc1. The molecule has 6 heteroatoms. The number of anilines is 1. The van der Waals surface area contributed by atoms with Gasteiger partial charge in [-0.3, -0.25) is 5.43 Å². The molecule has 110 valence electrons. The van der Waals surface area contributed by atoms with E-state index in [9.17, 15) is 9.59 Å². The van der Waals surface area contributed by atoms with Crippen molar-refractivity contribution in [3.05, 3.63) is 30.3 Å². The molecule has 1 aromatic rings. The number of para-hydroxylation sites is 1. The van der Waals surface area contributed by atoms with Gasteiger partial charge >= 0.3 is 12.1 Å². The molecule has 0 aliphatic heterocycles. The summed E-state index contributed by atoms with van der Waals surface area (Å²) in [6.45, 7) is 3.81. The first-order chi connectivity index (χ1) is 9.63. The van der Waals surface area contributed by atoms with Gasteiger partial charge in [0.05, 0.1) is 12.3 Å². The summed E-state index contributed by atoms with van der Waals surface area (Å²) >= 11 is 0. The van der Waals surface area contributed by atoms with E-state index in [1.807, 2.05) is 25.1 Å². The van der Waals surface area contributed by atoms with Crippen molar-refractivity contribution < 1.29 is 19.1 Å². The van der Waals surface area contributed by atoms with E-state index in [1.54, 1.807) is 12.1 Å². The summed E-state index contributed by atoms with van der Waals surface area (Å²) in [5, 5.41) is 0. The molecule has 1 unspecified atom stereocenters. The molecule has 1 aromatic carbocycles. The standard InChI is InChI=1S/C14H20N2O4/c1-3-4-10-19-13(17)11(2)20-14(18)16-15-12-8-6-5-7-9-12/h5-9,11,15H,3-4,10H2,1-2H3,(H,16,18). The Bertz CT molecular complexity index is 422. The van der Waals surface area contributed by atoms with Crippen LogP contribution in [0.5, 0.6) is 0 Å².